The molecule has 1 aliphatic carbocycles. The molecule has 0 bridgehead atoms. The van der Waals surface area contributed by atoms with E-state index >= 15 is 0 Å². The first-order valence-electron chi connectivity index (χ1n) is 8.65. The highest BCUT2D eigenvalue weighted by Gasteiger charge is 2.28. The molecule has 2 aromatic rings. The number of carbonyl (C=O) groups is 1. The maximum atomic E-state index is 12.0. The standard InChI is InChI=1S/C21H24O2/c1-2-3-4-5-14-21(22)23-15-20-18-12-8-6-10-16(18)17-11-7-9-13-19(17)20/h6-13,20H,2-5,14-15H2,1H3. The molecule has 2 heteroatoms. The SMILES string of the molecule is CCCCCCC(=O)OCC1c2ccccc2-c2ccccc21. The Bertz CT molecular complexity index is 630. The minimum atomic E-state index is -0.0667. The third-order valence-corrected chi connectivity index (χ3v) is 4.61. The molecule has 0 aliphatic heterocycles. The van der Waals surface area contributed by atoms with Gasteiger partial charge in [0.2, 0.25) is 0 Å². The maximum Gasteiger partial charge on any atom is 0.305 e. The predicted molar refractivity (Wildman–Crippen MR) is 93.4 cm³/mol. The van der Waals surface area contributed by atoms with Crippen LogP contribution in [0.25, 0.3) is 11.1 Å². The van der Waals surface area contributed by atoms with Crippen molar-refractivity contribution in [3.8, 4) is 11.1 Å². The van der Waals surface area contributed by atoms with Gasteiger partial charge in [-0.3, -0.25) is 4.79 Å². The van der Waals surface area contributed by atoms with E-state index in [1.54, 1.807) is 0 Å². The Morgan fingerprint density at radius 2 is 1.52 bits per heavy atom. The van der Waals surface area contributed by atoms with Crippen LogP contribution in [0, 0.1) is 0 Å². The van der Waals surface area contributed by atoms with E-state index in [0.717, 1.165) is 12.8 Å². The Morgan fingerprint density at radius 3 is 2.13 bits per heavy atom. The predicted octanol–water partition coefficient (Wildman–Crippen LogP) is 5.31. The van der Waals surface area contributed by atoms with Crippen molar-refractivity contribution < 1.29 is 9.53 Å². The van der Waals surface area contributed by atoms with Gasteiger partial charge in [0.25, 0.3) is 0 Å². The first-order valence-corrected chi connectivity index (χ1v) is 8.65. The van der Waals surface area contributed by atoms with Gasteiger partial charge < -0.3 is 4.74 Å². The van der Waals surface area contributed by atoms with Gasteiger partial charge in [-0.2, -0.15) is 0 Å². The lowest BCUT2D eigenvalue weighted by Gasteiger charge is -2.14. The summed E-state index contributed by atoms with van der Waals surface area (Å²) in [6.07, 6.45) is 4.96. The fraction of sp³-hybridized carbons (Fsp3) is 0.381. The van der Waals surface area contributed by atoms with Gasteiger partial charge in [-0.15, -0.1) is 0 Å². The molecule has 0 heterocycles. The van der Waals surface area contributed by atoms with Crippen LogP contribution in [0.1, 0.15) is 56.1 Å². The second kappa shape index (κ2) is 7.45. The van der Waals surface area contributed by atoms with Crippen LogP contribution >= 0.6 is 0 Å². The molecule has 0 atom stereocenters. The fourth-order valence-corrected chi connectivity index (χ4v) is 3.38. The van der Waals surface area contributed by atoms with E-state index in [2.05, 4.69) is 55.5 Å². The molecule has 120 valence electrons. The average molecular weight is 308 g/mol. The zero-order valence-corrected chi connectivity index (χ0v) is 13.8. The van der Waals surface area contributed by atoms with Crippen LogP contribution in [0.3, 0.4) is 0 Å². The summed E-state index contributed by atoms with van der Waals surface area (Å²) in [5.41, 5.74) is 5.08. The third-order valence-electron chi connectivity index (χ3n) is 4.61. The molecule has 1 aliphatic rings. The molecule has 0 unspecified atom stereocenters. The number of hydrogen-bond donors (Lipinski definition) is 0. The highest BCUT2D eigenvalue weighted by molar-refractivity contribution is 5.79. The topological polar surface area (TPSA) is 26.3 Å². The molecule has 0 amide bonds. The molecular formula is C21H24O2. The van der Waals surface area contributed by atoms with Crippen LogP contribution in [0.4, 0.5) is 0 Å². The van der Waals surface area contributed by atoms with Crippen LogP contribution in [0.15, 0.2) is 48.5 Å². The molecule has 0 N–H and O–H groups in total. The van der Waals surface area contributed by atoms with E-state index in [4.69, 9.17) is 4.74 Å². The third kappa shape index (κ3) is 3.47. The number of hydrogen-bond acceptors (Lipinski definition) is 2. The van der Waals surface area contributed by atoms with Crippen molar-refractivity contribution in [2.75, 3.05) is 6.61 Å². The lowest BCUT2D eigenvalue weighted by atomic mass is 9.98. The van der Waals surface area contributed by atoms with Crippen molar-refractivity contribution in [2.45, 2.75) is 44.9 Å². The van der Waals surface area contributed by atoms with Crippen LogP contribution in [-0.4, -0.2) is 12.6 Å². The van der Waals surface area contributed by atoms with E-state index in [1.165, 1.54) is 35.1 Å². The zero-order chi connectivity index (χ0) is 16.1. The first kappa shape index (κ1) is 15.8. The molecule has 0 fully saturated rings. The summed E-state index contributed by atoms with van der Waals surface area (Å²) in [7, 11) is 0. The summed E-state index contributed by atoms with van der Waals surface area (Å²) < 4.78 is 5.58. The van der Waals surface area contributed by atoms with Crippen LogP contribution < -0.4 is 0 Å². The molecule has 0 saturated heterocycles. The van der Waals surface area contributed by atoms with Crippen LogP contribution in [0.2, 0.25) is 0 Å². The van der Waals surface area contributed by atoms with Crippen molar-refractivity contribution in [1.29, 1.82) is 0 Å². The smallest absolute Gasteiger partial charge is 0.305 e. The first-order chi connectivity index (χ1) is 11.3. The molecule has 2 nitrogen and oxygen atoms in total. The molecule has 0 spiro atoms. The van der Waals surface area contributed by atoms with Crippen molar-refractivity contribution in [1.82, 2.24) is 0 Å². The fourth-order valence-electron chi connectivity index (χ4n) is 3.38. The van der Waals surface area contributed by atoms with Crippen molar-refractivity contribution in [2.24, 2.45) is 0 Å². The van der Waals surface area contributed by atoms with Gasteiger partial charge in [-0.05, 0) is 28.7 Å². The van der Waals surface area contributed by atoms with E-state index < -0.39 is 0 Å². The Kier molecular flexibility index (Phi) is 5.12. The Balaban J connectivity index is 1.65. The quantitative estimate of drug-likeness (QED) is 0.511. The van der Waals surface area contributed by atoms with Crippen LogP contribution in [-0.2, 0) is 9.53 Å². The lowest BCUT2D eigenvalue weighted by molar-refractivity contribution is -0.144. The largest absolute Gasteiger partial charge is 0.465 e. The van der Waals surface area contributed by atoms with E-state index in [-0.39, 0.29) is 11.9 Å². The molecule has 2 aromatic carbocycles. The molecule has 0 aromatic heterocycles. The summed E-state index contributed by atoms with van der Waals surface area (Å²) >= 11 is 0. The Labute approximate surface area is 138 Å². The molecule has 0 radical (unpaired) electrons. The highest BCUT2D eigenvalue weighted by Crippen LogP contribution is 2.44. The molecular weight excluding hydrogens is 284 g/mol. The van der Waals surface area contributed by atoms with Crippen molar-refractivity contribution in [3.63, 3.8) is 0 Å². The molecule has 3 rings (SSSR count). The number of rotatable bonds is 7. The minimum Gasteiger partial charge on any atom is -0.465 e. The van der Waals surface area contributed by atoms with Gasteiger partial charge in [0, 0.05) is 12.3 Å². The van der Waals surface area contributed by atoms with Crippen LogP contribution in [0.5, 0.6) is 0 Å². The van der Waals surface area contributed by atoms with Gasteiger partial charge in [-0.25, -0.2) is 0 Å². The number of unbranched alkanes of at least 4 members (excludes halogenated alkanes) is 3. The Morgan fingerprint density at radius 1 is 0.913 bits per heavy atom. The van der Waals surface area contributed by atoms with Gasteiger partial charge in [0.05, 0.1) is 0 Å². The number of fused-ring (bicyclic) bond motifs is 3. The summed E-state index contributed by atoms with van der Waals surface area (Å²) in [5.74, 6) is 0.102. The van der Waals surface area contributed by atoms with E-state index in [0.29, 0.717) is 13.0 Å². The van der Waals surface area contributed by atoms with Gasteiger partial charge in [0.1, 0.15) is 6.61 Å². The second-order valence-corrected chi connectivity index (χ2v) is 6.22. The average Bonchev–Trinajstić information content (AvgIpc) is 2.91. The number of ether oxygens (including phenoxy) is 1. The highest BCUT2D eigenvalue weighted by atomic mass is 16.5. The normalized spacial score (nSPS) is 12.7. The van der Waals surface area contributed by atoms with Gasteiger partial charge >= 0.3 is 5.97 Å². The lowest BCUT2D eigenvalue weighted by Crippen LogP contribution is -2.12. The second-order valence-electron chi connectivity index (χ2n) is 6.22. The minimum absolute atomic E-state index is 0.0667. The number of esters is 1. The molecule has 0 saturated carbocycles. The number of carbonyl (C=O) groups excluding carboxylic acids is 1. The molecule has 23 heavy (non-hydrogen) atoms. The maximum absolute atomic E-state index is 12.0. The summed E-state index contributed by atoms with van der Waals surface area (Å²) in [5, 5.41) is 0. The Hall–Kier alpha value is -2.09. The summed E-state index contributed by atoms with van der Waals surface area (Å²) in [6.45, 7) is 2.62. The summed E-state index contributed by atoms with van der Waals surface area (Å²) in [6, 6.07) is 16.9. The van der Waals surface area contributed by atoms with E-state index in [1.807, 2.05) is 0 Å². The van der Waals surface area contributed by atoms with Crippen molar-refractivity contribution in [3.05, 3.63) is 59.7 Å². The number of benzene rings is 2. The monoisotopic (exact) mass is 308 g/mol. The van der Waals surface area contributed by atoms with Gasteiger partial charge in [0.15, 0.2) is 0 Å². The van der Waals surface area contributed by atoms with Gasteiger partial charge in [-0.1, -0.05) is 74.7 Å². The zero-order valence-electron chi connectivity index (χ0n) is 13.8. The van der Waals surface area contributed by atoms with E-state index in [9.17, 15) is 4.79 Å². The van der Waals surface area contributed by atoms with Crippen molar-refractivity contribution >= 4 is 5.97 Å². The summed E-state index contributed by atoms with van der Waals surface area (Å²) in [4.78, 5) is 12.0.